The number of hydrogen-bond acceptors (Lipinski definition) is 3. The summed E-state index contributed by atoms with van der Waals surface area (Å²) in [4.78, 5) is 11.4. The first-order chi connectivity index (χ1) is 6.14. The van der Waals surface area contributed by atoms with Crippen molar-refractivity contribution >= 4 is 5.97 Å². The van der Waals surface area contributed by atoms with Crippen LogP contribution in [0.5, 0.6) is 0 Å². The van der Waals surface area contributed by atoms with E-state index in [1.165, 1.54) is 7.11 Å². The second kappa shape index (κ2) is 4.09. The Morgan fingerprint density at radius 2 is 2.38 bits per heavy atom. The second-order valence-corrected chi connectivity index (χ2v) is 4.11. The van der Waals surface area contributed by atoms with Crippen molar-refractivity contribution in [1.29, 1.82) is 0 Å². The fourth-order valence-electron chi connectivity index (χ4n) is 2.22. The van der Waals surface area contributed by atoms with Crippen molar-refractivity contribution in [3.8, 4) is 0 Å². The van der Waals surface area contributed by atoms with Crippen LogP contribution in [0.1, 0.15) is 26.7 Å². The summed E-state index contributed by atoms with van der Waals surface area (Å²) in [5, 5.41) is 3.26. The number of esters is 1. The monoisotopic (exact) mass is 185 g/mol. The third kappa shape index (κ3) is 2.02. The molecule has 0 radical (unpaired) electrons. The second-order valence-electron chi connectivity index (χ2n) is 4.11. The minimum Gasteiger partial charge on any atom is -0.469 e. The van der Waals surface area contributed by atoms with Gasteiger partial charge in [-0.3, -0.25) is 4.79 Å². The van der Waals surface area contributed by atoms with Crippen LogP contribution in [0.2, 0.25) is 0 Å². The molecule has 1 aliphatic heterocycles. The lowest BCUT2D eigenvalue weighted by Crippen LogP contribution is -2.32. The highest BCUT2D eigenvalue weighted by atomic mass is 16.5. The van der Waals surface area contributed by atoms with E-state index < -0.39 is 0 Å². The van der Waals surface area contributed by atoms with E-state index in [-0.39, 0.29) is 17.3 Å². The largest absolute Gasteiger partial charge is 0.469 e. The summed E-state index contributed by atoms with van der Waals surface area (Å²) in [6.45, 7) is 6.01. The molecule has 0 amide bonds. The minimum absolute atomic E-state index is 0.0393. The van der Waals surface area contributed by atoms with Gasteiger partial charge in [-0.05, 0) is 11.8 Å². The minimum atomic E-state index is -0.0686. The zero-order chi connectivity index (χ0) is 9.90. The summed E-state index contributed by atoms with van der Waals surface area (Å²) in [6, 6.07) is 0. The van der Waals surface area contributed by atoms with Crippen molar-refractivity contribution in [3.63, 3.8) is 0 Å². The van der Waals surface area contributed by atoms with Crippen LogP contribution in [-0.4, -0.2) is 26.2 Å². The Bertz CT molecular complexity index is 193. The quantitative estimate of drug-likeness (QED) is 0.671. The fourth-order valence-corrected chi connectivity index (χ4v) is 2.22. The van der Waals surface area contributed by atoms with Crippen LogP contribution >= 0.6 is 0 Å². The number of nitrogens with one attached hydrogen (secondary N) is 1. The van der Waals surface area contributed by atoms with Crippen molar-refractivity contribution < 1.29 is 9.53 Å². The third-order valence-electron chi connectivity index (χ3n) is 3.03. The Morgan fingerprint density at radius 3 is 2.92 bits per heavy atom. The maximum absolute atomic E-state index is 11.4. The maximum Gasteiger partial charge on any atom is 0.310 e. The molecule has 1 heterocycles. The molecule has 2 unspecified atom stereocenters. The predicted octanol–water partition coefficient (Wildman–Crippen LogP) is 1.19. The van der Waals surface area contributed by atoms with Gasteiger partial charge in [0.1, 0.15) is 0 Å². The average Bonchev–Trinajstić information content (AvgIpc) is 2.47. The lowest BCUT2D eigenvalue weighted by Gasteiger charge is -2.28. The molecule has 0 bridgehead atoms. The Kier molecular flexibility index (Phi) is 3.31. The smallest absolute Gasteiger partial charge is 0.310 e. The van der Waals surface area contributed by atoms with E-state index >= 15 is 0 Å². The van der Waals surface area contributed by atoms with Crippen LogP contribution in [0.3, 0.4) is 0 Å². The molecule has 13 heavy (non-hydrogen) atoms. The third-order valence-corrected chi connectivity index (χ3v) is 3.03. The molecule has 76 valence electrons. The van der Waals surface area contributed by atoms with Crippen molar-refractivity contribution in [1.82, 2.24) is 5.32 Å². The van der Waals surface area contributed by atoms with E-state index in [1.54, 1.807) is 0 Å². The molecule has 0 saturated carbocycles. The molecule has 1 N–H and O–H groups in total. The molecule has 0 aromatic carbocycles. The standard InChI is InChI=1S/C10H19NO2/c1-4-5-10(2)7-11-6-8(10)9(12)13-3/h8,11H,4-7H2,1-3H3. The van der Waals surface area contributed by atoms with Crippen LogP contribution < -0.4 is 5.32 Å². The molecule has 1 fully saturated rings. The average molecular weight is 185 g/mol. The first kappa shape index (κ1) is 10.5. The topological polar surface area (TPSA) is 38.3 Å². The van der Waals surface area contributed by atoms with Gasteiger partial charge in [-0.15, -0.1) is 0 Å². The molecule has 3 heteroatoms. The number of rotatable bonds is 3. The molecule has 1 aliphatic rings. The number of hydrogen-bond donors (Lipinski definition) is 1. The van der Waals surface area contributed by atoms with Crippen LogP contribution in [0.4, 0.5) is 0 Å². The fraction of sp³-hybridized carbons (Fsp3) is 0.900. The van der Waals surface area contributed by atoms with E-state index in [4.69, 9.17) is 4.74 Å². The number of carbonyl (C=O) groups is 1. The van der Waals surface area contributed by atoms with Gasteiger partial charge in [0.25, 0.3) is 0 Å². The number of carbonyl (C=O) groups excluding carboxylic acids is 1. The number of methoxy groups -OCH3 is 1. The van der Waals surface area contributed by atoms with Gasteiger partial charge in [-0.25, -0.2) is 0 Å². The highest BCUT2D eigenvalue weighted by Gasteiger charge is 2.42. The zero-order valence-electron chi connectivity index (χ0n) is 8.72. The molecule has 0 aromatic heterocycles. The molecule has 0 spiro atoms. The van der Waals surface area contributed by atoms with E-state index in [0.29, 0.717) is 0 Å². The van der Waals surface area contributed by atoms with Crippen LogP contribution in [0.25, 0.3) is 0 Å². The molecular formula is C10H19NO2. The normalized spacial score (nSPS) is 33.3. The summed E-state index contributed by atoms with van der Waals surface area (Å²) in [5.41, 5.74) is 0.0991. The molecule has 1 rings (SSSR count). The van der Waals surface area contributed by atoms with Gasteiger partial charge in [0.2, 0.25) is 0 Å². The maximum atomic E-state index is 11.4. The predicted molar refractivity (Wildman–Crippen MR) is 51.4 cm³/mol. The Labute approximate surface area is 79.8 Å². The van der Waals surface area contributed by atoms with Gasteiger partial charge in [0, 0.05) is 13.1 Å². The molecule has 0 aromatic rings. The van der Waals surface area contributed by atoms with Gasteiger partial charge in [-0.1, -0.05) is 20.3 Å². The lowest BCUT2D eigenvalue weighted by atomic mass is 9.76. The van der Waals surface area contributed by atoms with Gasteiger partial charge in [-0.2, -0.15) is 0 Å². The van der Waals surface area contributed by atoms with Gasteiger partial charge < -0.3 is 10.1 Å². The van der Waals surface area contributed by atoms with Crippen molar-refractivity contribution in [2.45, 2.75) is 26.7 Å². The molecule has 3 nitrogen and oxygen atoms in total. The van der Waals surface area contributed by atoms with Gasteiger partial charge in [0.05, 0.1) is 13.0 Å². The van der Waals surface area contributed by atoms with Gasteiger partial charge >= 0.3 is 5.97 Å². The van der Waals surface area contributed by atoms with Crippen molar-refractivity contribution in [3.05, 3.63) is 0 Å². The van der Waals surface area contributed by atoms with Crippen LogP contribution in [0, 0.1) is 11.3 Å². The first-order valence-corrected chi connectivity index (χ1v) is 4.92. The van der Waals surface area contributed by atoms with E-state index in [1.807, 2.05) is 0 Å². The molecular weight excluding hydrogens is 166 g/mol. The highest BCUT2D eigenvalue weighted by Crippen LogP contribution is 2.36. The Morgan fingerprint density at radius 1 is 1.69 bits per heavy atom. The Hall–Kier alpha value is -0.570. The SMILES string of the molecule is CCCC1(C)CNCC1C(=O)OC. The molecule has 2 atom stereocenters. The van der Waals surface area contributed by atoms with Gasteiger partial charge in [0.15, 0.2) is 0 Å². The van der Waals surface area contributed by atoms with Crippen molar-refractivity contribution in [2.24, 2.45) is 11.3 Å². The summed E-state index contributed by atoms with van der Waals surface area (Å²) < 4.78 is 4.80. The summed E-state index contributed by atoms with van der Waals surface area (Å²) in [7, 11) is 1.47. The van der Waals surface area contributed by atoms with E-state index in [9.17, 15) is 4.79 Å². The summed E-state index contributed by atoms with van der Waals surface area (Å²) in [6.07, 6.45) is 2.20. The van der Waals surface area contributed by atoms with E-state index in [0.717, 1.165) is 25.9 Å². The Balaban J connectivity index is 2.67. The summed E-state index contributed by atoms with van der Waals surface area (Å²) in [5.74, 6) is -0.0293. The zero-order valence-corrected chi connectivity index (χ0v) is 8.72. The van der Waals surface area contributed by atoms with Crippen LogP contribution in [-0.2, 0) is 9.53 Å². The molecule has 0 aliphatic carbocycles. The lowest BCUT2D eigenvalue weighted by molar-refractivity contribution is -0.148. The van der Waals surface area contributed by atoms with Crippen molar-refractivity contribution in [2.75, 3.05) is 20.2 Å². The highest BCUT2D eigenvalue weighted by molar-refractivity contribution is 5.74. The number of ether oxygens (including phenoxy) is 1. The molecule has 1 saturated heterocycles. The summed E-state index contributed by atoms with van der Waals surface area (Å²) >= 11 is 0. The first-order valence-electron chi connectivity index (χ1n) is 4.92. The van der Waals surface area contributed by atoms with E-state index in [2.05, 4.69) is 19.2 Å². The van der Waals surface area contributed by atoms with Crippen LogP contribution in [0.15, 0.2) is 0 Å².